The van der Waals surface area contributed by atoms with E-state index < -0.39 is 0 Å². The summed E-state index contributed by atoms with van der Waals surface area (Å²) in [4.78, 5) is 4.18. The van der Waals surface area contributed by atoms with E-state index in [1.165, 1.54) is 0 Å². The van der Waals surface area contributed by atoms with Gasteiger partial charge in [0, 0.05) is 38.5 Å². The molecule has 2 N–H and O–H groups in total. The molecule has 0 unspecified atom stereocenters. The van der Waals surface area contributed by atoms with Gasteiger partial charge in [0.1, 0.15) is 0 Å². The van der Waals surface area contributed by atoms with Gasteiger partial charge in [0.2, 0.25) is 0 Å². The lowest BCUT2D eigenvalue weighted by Crippen LogP contribution is -2.38. The summed E-state index contributed by atoms with van der Waals surface area (Å²) in [5.41, 5.74) is 2.14. The number of ether oxygens (including phenoxy) is 1. The third-order valence-electron chi connectivity index (χ3n) is 3.08. The Hall–Kier alpha value is -2.34. The van der Waals surface area contributed by atoms with Gasteiger partial charge >= 0.3 is 0 Å². The molecule has 0 bridgehead atoms. The van der Waals surface area contributed by atoms with Gasteiger partial charge < -0.3 is 15.4 Å². The van der Waals surface area contributed by atoms with Crippen molar-refractivity contribution in [3.63, 3.8) is 0 Å². The number of rotatable bonds is 7. The van der Waals surface area contributed by atoms with E-state index >= 15 is 0 Å². The van der Waals surface area contributed by atoms with Crippen molar-refractivity contribution < 1.29 is 4.74 Å². The lowest BCUT2D eigenvalue weighted by molar-refractivity contribution is 0.152. The molecule has 0 amide bonds. The quantitative estimate of drug-likeness (QED) is 0.463. The predicted octanol–water partition coefficient (Wildman–Crippen LogP) is 1.57. The average molecular weight is 301 g/mol. The molecule has 1 heterocycles. The van der Waals surface area contributed by atoms with E-state index in [4.69, 9.17) is 4.74 Å². The Morgan fingerprint density at radius 1 is 1.27 bits per heavy atom. The van der Waals surface area contributed by atoms with E-state index in [-0.39, 0.29) is 0 Å². The van der Waals surface area contributed by atoms with Gasteiger partial charge in [-0.1, -0.05) is 18.2 Å². The Kier molecular flexibility index (Phi) is 6.44. The second kappa shape index (κ2) is 8.84. The summed E-state index contributed by atoms with van der Waals surface area (Å²) in [6.45, 7) is 4.78. The SMILES string of the molecule is CCOCCNC(=NC)NCc1cnn(-c2ccccc2)c1. The highest BCUT2D eigenvalue weighted by atomic mass is 16.5. The van der Waals surface area contributed by atoms with Crippen LogP contribution in [0.4, 0.5) is 0 Å². The number of hydrogen-bond donors (Lipinski definition) is 2. The fraction of sp³-hybridized carbons (Fsp3) is 0.375. The molecule has 1 aromatic carbocycles. The minimum absolute atomic E-state index is 0.668. The van der Waals surface area contributed by atoms with Crippen molar-refractivity contribution in [3.8, 4) is 5.69 Å². The molecule has 0 aliphatic carbocycles. The van der Waals surface area contributed by atoms with Crippen LogP contribution in [0.2, 0.25) is 0 Å². The van der Waals surface area contributed by atoms with Crippen LogP contribution < -0.4 is 10.6 Å². The molecule has 0 aliphatic rings. The van der Waals surface area contributed by atoms with Gasteiger partial charge in [-0.2, -0.15) is 5.10 Å². The van der Waals surface area contributed by atoms with Crippen molar-refractivity contribution >= 4 is 5.96 Å². The number of hydrogen-bond acceptors (Lipinski definition) is 3. The number of nitrogens with zero attached hydrogens (tertiary/aromatic N) is 3. The maximum atomic E-state index is 5.28. The molecule has 0 atom stereocenters. The lowest BCUT2D eigenvalue weighted by atomic mass is 10.3. The summed E-state index contributed by atoms with van der Waals surface area (Å²) in [6.07, 6.45) is 3.86. The van der Waals surface area contributed by atoms with Crippen molar-refractivity contribution in [1.29, 1.82) is 0 Å². The highest BCUT2D eigenvalue weighted by Crippen LogP contribution is 2.07. The first kappa shape index (κ1) is 16.0. The molecule has 0 radical (unpaired) electrons. The summed E-state index contributed by atoms with van der Waals surface area (Å²) in [6, 6.07) is 10.0. The molecule has 0 spiro atoms. The topological polar surface area (TPSA) is 63.5 Å². The van der Waals surface area contributed by atoms with Gasteiger partial charge in [0.25, 0.3) is 0 Å². The van der Waals surface area contributed by atoms with E-state index in [1.807, 2.05) is 54.3 Å². The van der Waals surface area contributed by atoms with Crippen molar-refractivity contribution in [2.75, 3.05) is 26.8 Å². The number of guanidine groups is 1. The van der Waals surface area contributed by atoms with Crippen LogP contribution in [0.5, 0.6) is 0 Å². The Labute approximate surface area is 131 Å². The van der Waals surface area contributed by atoms with Crippen molar-refractivity contribution in [2.45, 2.75) is 13.5 Å². The summed E-state index contributed by atoms with van der Waals surface area (Å²) in [7, 11) is 1.75. The van der Waals surface area contributed by atoms with Crippen LogP contribution in [-0.2, 0) is 11.3 Å². The van der Waals surface area contributed by atoms with Crippen molar-refractivity contribution in [1.82, 2.24) is 20.4 Å². The van der Waals surface area contributed by atoms with Crippen molar-refractivity contribution in [3.05, 3.63) is 48.3 Å². The Morgan fingerprint density at radius 3 is 2.82 bits per heavy atom. The predicted molar refractivity (Wildman–Crippen MR) is 88.3 cm³/mol. The highest BCUT2D eigenvalue weighted by Gasteiger charge is 2.02. The summed E-state index contributed by atoms with van der Waals surface area (Å²) in [5, 5.41) is 10.8. The normalized spacial score (nSPS) is 11.5. The highest BCUT2D eigenvalue weighted by molar-refractivity contribution is 5.79. The fourth-order valence-electron chi connectivity index (χ4n) is 1.97. The largest absolute Gasteiger partial charge is 0.380 e. The average Bonchev–Trinajstić information content (AvgIpc) is 3.04. The van der Waals surface area contributed by atoms with Crippen LogP contribution in [0.15, 0.2) is 47.7 Å². The number of nitrogens with one attached hydrogen (secondary N) is 2. The Bertz CT molecular complexity index is 579. The third kappa shape index (κ3) is 4.89. The molecule has 0 aliphatic heterocycles. The summed E-state index contributed by atoms with van der Waals surface area (Å²) in [5.74, 6) is 0.757. The molecule has 2 rings (SSSR count). The molecule has 0 fully saturated rings. The summed E-state index contributed by atoms with van der Waals surface area (Å²) >= 11 is 0. The van der Waals surface area contributed by atoms with Crippen LogP contribution in [0.1, 0.15) is 12.5 Å². The third-order valence-corrected chi connectivity index (χ3v) is 3.08. The minimum Gasteiger partial charge on any atom is -0.380 e. The second-order valence-electron chi connectivity index (χ2n) is 4.68. The van der Waals surface area contributed by atoms with E-state index in [2.05, 4.69) is 20.7 Å². The molecule has 118 valence electrons. The standard InChI is InChI=1S/C16H23N5O/c1-3-22-10-9-18-16(17-2)19-11-14-12-20-21(13-14)15-7-5-4-6-8-15/h4-8,12-13H,3,9-11H2,1-2H3,(H2,17,18,19). The van der Waals surface area contributed by atoms with Crippen molar-refractivity contribution in [2.24, 2.45) is 4.99 Å². The van der Waals surface area contributed by atoms with Gasteiger partial charge in [-0.05, 0) is 19.1 Å². The lowest BCUT2D eigenvalue weighted by Gasteiger charge is -2.10. The Balaban J connectivity index is 1.82. The first-order valence-electron chi connectivity index (χ1n) is 7.44. The van der Waals surface area contributed by atoms with Crippen LogP contribution in [-0.4, -0.2) is 42.5 Å². The summed E-state index contributed by atoms with van der Waals surface area (Å²) < 4.78 is 7.15. The molecule has 6 nitrogen and oxygen atoms in total. The van der Waals surface area contributed by atoms with E-state index in [1.54, 1.807) is 7.05 Å². The number of aromatic nitrogens is 2. The van der Waals surface area contributed by atoms with Crippen LogP contribution in [0.3, 0.4) is 0 Å². The molecule has 0 saturated heterocycles. The monoisotopic (exact) mass is 301 g/mol. The maximum absolute atomic E-state index is 5.28. The van der Waals surface area contributed by atoms with E-state index in [0.717, 1.165) is 30.4 Å². The molecule has 22 heavy (non-hydrogen) atoms. The Morgan fingerprint density at radius 2 is 2.09 bits per heavy atom. The number of aliphatic imine (C=N–C) groups is 1. The zero-order valence-electron chi connectivity index (χ0n) is 13.1. The van der Waals surface area contributed by atoms with E-state index in [0.29, 0.717) is 13.2 Å². The maximum Gasteiger partial charge on any atom is 0.191 e. The van der Waals surface area contributed by atoms with Gasteiger partial charge in [-0.3, -0.25) is 4.99 Å². The smallest absolute Gasteiger partial charge is 0.191 e. The molecule has 0 saturated carbocycles. The molecular formula is C16H23N5O. The first-order valence-corrected chi connectivity index (χ1v) is 7.44. The zero-order valence-corrected chi connectivity index (χ0v) is 13.1. The number of para-hydroxylation sites is 1. The molecule has 2 aromatic rings. The molecular weight excluding hydrogens is 278 g/mol. The van der Waals surface area contributed by atoms with Crippen LogP contribution >= 0.6 is 0 Å². The van der Waals surface area contributed by atoms with E-state index in [9.17, 15) is 0 Å². The zero-order chi connectivity index (χ0) is 15.6. The minimum atomic E-state index is 0.668. The van der Waals surface area contributed by atoms with Gasteiger partial charge in [-0.15, -0.1) is 0 Å². The van der Waals surface area contributed by atoms with Gasteiger partial charge in [0.05, 0.1) is 18.5 Å². The number of benzene rings is 1. The van der Waals surface area contributed by atoms with Crippen LogP contribution in [0, 0.1) is 0 Å². The van der Waals surface area contributed by atoms with Gasteiger partial charge in [-0.25, -0.2) is 4.68 Å². The fourth-order valence-corrected chi connectivity index (χ4v) is 1.97. The first-order chi connectivity index (χ1) is 10.8. The van der Waals surface area contributed by atoms with Crippen LogP contribution in [0.25, 0.3) is 5.69 Å². The molecule has 1 aromatic heterocycles. The molecule has 6 heteroatoms. The van der Waals surface area contributed by atoms with Gasteiger partial charge in [0.15, 0.2) is 5.96 Å². The second-order valence-corrected chi connectivity index (χ2v) is 4.68.